The molecular formula is C17H19ClN2O2. The zero-order valence-corrected chi connectivity index (χ0v) is 13.3. The zero-order valence-electron chi connectivity index (χ0n) is 12.5. The van der Waals surface area contributed by atoms with Gasteiger partial charge in [0.15, 0.2) is 0 Å². The first-order chi connectivity index (χ1) is 10.5. The predicted molar refractivity (Wildman–Crippen MR) is 87.1 cm³/mol. The van der Waals surface area contributed by atoms with E-state index in [0.717, 1.165) is 30.3 Å². The number of hydrogen-bond acceptors (Lipinski definition) is 3. The summed E-state index contributed by atoms with van der Waals surface area (Å²) in [6.45, 7) is 2.53. The highest BCUT2D eigenvalue weighted by atomic mass is 35.5. The number of likely N-dealkylation sites (tertiary alicyclic amines) is 1. The second-order valence-electron chi connectivity index (χ2n) is 5.92. The van der Waals surface area contributed by atoms with E-state index in [1.54, 1.807) is 19.1 Å². The van der Waals surface area contributed by atoms with Gasteiger partial charge in [0.25, 0.3) is 5.91 Å². The van der Waals surface area contributed by atoms with Gasteiger partial charge >= 0.3 is 0 Å². The highest BCUT2D eigenvalue weighted by Gasteiger charge is 2.30. The molecule has 0 radical (unpaired) electrons. The molecule has 1 aromatic heterocycles. The van der Waals surface area contributed by atoms with Gasteiger partial charge in [0.05, 0.1) is 11.6 Å². The van der Waals surface area contributed by atoms with Crippen LogP contribution < -0.4 is 0 Å². The third kappa shape index (κ3) is 3.08. The second kappa shape index (κ2) is 6.23. The quantitative estimate of drug-likeness (QED) is 0.884. The van der Waals surface area contributed by atoms with Crippen LogP contribution in [0.1, 0.15) is 36.5 Å². The number of rotatable bonds is 3. The number of aliphatic hydroxyl groups is 1. The predicted octanol–water partition coefficient (Wildman–Crippen LogP) is 3.26. The number of hydrogen-bond donors (Lipinski definition) is 1. The molecule has 2 heterocycles. The van der Waals surface area contributed by atoms with Crippen molar-refractivity contribution in [2.24, 2.45) is 0 Å². The summed E-state index contributed by atoms with van der Waals surface area (Å²) in [5, 5.41) is 10.9. The molecule has 0 saturated carbocycles. The monoisotopic (exact) mass is 318 g/mol. The van der Waals surface area contributed by atoms with Crippen LogP contribution in [0, 0.1) is 0 Å². The van der Waals surface area contributed by atoms with Gasteiger partial charge in [0.1, 0.15) is 5.15 Å². The lowest BCUT2D eigenvalue weighted by Crippen LogP contribution is -2.37. The Labute approximate surface area is 134 Å². The first-order valence-corrected chi connectivity index (χ1v) is 7.98. The minimum Gasteiger partial charge on any atom is -0.393 e. The van der Waals surface area contributed by atoms with Crippen molar-refractivity contribution < 1.29 is 9.90 Å². The highest BCUT2D eigenvalue weighted by molar-refractivity contribution is 6.29. The van der Waals surface area contributed by atoms with Crippen molar-refractivity contribution in [1.82, 2.24) is 9.88 Å². The van der Waals surface area contributed by atoms with E-state index in [9.17, 15) is 9.90 Å². The van der Waals surface area contributed by atoms with Gasteiger partial charge in [-0.1, -0.05) is 11.6 Å². The Hall–Kier alpha value is -1.65. The van der Waals surface area contributed by atoms with Crippen LogP contribution >= 0.6 is 11.6 Å². The third-order valence-electron chi connectivity index (χ3n) is 4.15. The lowest BCUT2D eigenvalue weighted by Gasteiger charge is -2.26. The second-order valence-corrected chi connectivity index (χ2v) is 6.31. The number of nitrogens with zero attached hydrogens (tertiary/aromatic N) is 2. The van der Waals surface area contributed by atoms with Crippen molar-refractivity contribution in [1.29, 1.82) is 0 Å². The Bertz CT molecular complexity index is 702. The molecule has 2 aromatic rings. The number of halogens is 1. The van der Waals surface area contributed by atoms with Gasteiger partial charge in [0, 0.05) is 23.5 Å². The molecule has 1 amide bonds. The van der Waals surface area contributed by atoms with Crippen LogP contribution in [0.25, 0.3) is 10.9 Å². The van der Waals surface area contributed by atoms with E-state index in [-0.39, 0.29) is 18.1 Å². The molecule has 22 heavy (non-hydrogen) atoms. The summed E-state index contributed by atoms with van der Waals surface area (Å²) < 4.78 is 0. The lowest BCUT2D eigenvalue weighted by atomic mass is 10.1. The maximum atomic E-state index is 12.7. The van der Waals surface area contributed by atoms with Gasteiger partial charge in [-0.3, -0.25) is 4.79 Å². The van der Waals surface area contributed by atoms with Gasteiger partial charge in [-0.15, -0.1) is 0 Å². The van der Waals surface area contributed by atoms with E-state index in [4.69, 9.17) is 11.6 Å². The van der Waals surface area contributed by atoms with E-state index in [2.05, 4.69) is 4.98 Å². The normalized spacial score (nSPS) is 19.6. The summed E-state index contributed by atoms with van der Waals surface area (Å²) in [5.41, 5.74) is 1.44. The molecule has 1 saturated heterocycles. The van der Waals surface area contributed by atoms with E-state index in [1.165, 1.54) is 0 Å². The van der Waals surface area contributed by atoms with Crippen molar-refractivity contribution in [3.8, 4) is 0 Å². The standard InChI is InChI=1S/C17H19ClN2O2/c1-11(21)9-14-3-2-8-20(14)17(22)13-4-6-15-12(10-13)5-7-16(18)19-15/h4-7,10-11,14,21H,2-3,8-9H2,1H3. The smallest absolute Gasteiger partial charge is 0.254 e. The van der Waals surface area contributed by atoms with Gasteiger partial charge in [-0.2, -0.15) is 0 Å². The molecule has 1 N–H and O–H groups in total. The van der Waals surface area contributed by atoms with Crippen molar-refractivity contribution in [3.63, 3.8) is 0 Å². The first-order valence-electron chi connectivity index (χ1n) is 7.60. The Kier molecular flexibility index (Phi) is 4.32. The summed E-state index contributed by atoms with van der Waals surface area (Å²) in [5.74, 6) is 0.0278. The molecule has 1 aromatic carbocycles. The van der Waals surface area contributed by atoms with Crippen LogP contribution in [-0.2, 0) is 0 Å². The molecule has 4 nitrogen and oxygen atoms in total. The molecule has 0 aliphatic carbocycles. The molecule has 3 rings (SSSR count). The molecular weight excluding hydrogens is 300 g/mol. The van der Waals surface area contributed by atoms with Crippen molar-refractivity contribution in [2.45, 2.75) is 38.3 Å². The van der Waals surface area contributed by atoms with Crippen LogP contribution in [-0.4, -0.2) is 39.6 Å². The summed E-state index contributed by atoms with van der Waals surface area (Å²) in [6.07, 6.45) is 2.20. The van der Waals surface area contributed by atoms with E-state index in [1.807, 2.05) is 23.1 Å². The maximum absolute atomic E-state index is 12.7. The third-order valence-corrected chi connectivity index (χ3v) is 4.36. The molecule has 116 valence electrons. The first kappa shape index (κ1) is 15.3. The number of fused-ring (bicyclic) bond motifs is 1. The summed E-state index contributed by atoms with van der Waals surface area (Å²) in [4.78, 5) is 18.9. The maximum Gasteiger partial charge on any atom is 0.254 e. The van der Waals surface area contributed by atoms with E-state index in [0.29, 0.717) is 17.1 Å². The number of benzene rings is 1. The number of carbonyl (C=O) groups is 1. The Morgan fingerprint density at radius 2 is 2.27 bits per heavy atom. The molecule has 1 aliphatic heterocycles. The van der Waals surface area contributed by atoms with E-state index < -0.39 is 0 Å². The van der Waals surface area contributed by atoms with Crippen LogP contribution in [0.15, 0.2) is 30.3 Å². The molecule has 1 aliphatic rings. The Morgan fingerprint density at radius 1 is 1.45 bits per heavy atom. The summed E-state index contributed by atoms with van der Waals surface area (Å²) in [7, 11) is 0. The number of aliphatic hydroxyl groups excluding tert-OH is 1. The van der Waals surface area contributed by atoms with Crippen LogP contribution in [0.3, 0.4) is 0 Å². The van der Waals surface area contributed by atoms with Gasteiger partial charge < -0.3 is 10.0 Å². The average molecular weight is 319 g/mol. The number of aromatic nitrogens is 1. The summed E-state index contributed by atoms with van der Waals surface area (Å²) >= 11 is 5.88. The molecule has 2 unspecified atom stereocenters. The minimum atomic E-state index is -0.388. The molecule has 1 fully saturated rings. The van der Waals surface area contributed by atoms with E-state index >= 15 is 0 Å². The number of carbonyl (C=O) groups excluding carboxylic acids is 1. The largest absolute Gasteiger partial charge is 0.393 e. The zero-order chi connectivity index (χ0) is 15.7. The minimum absolute atomic E-state index is 0.0278. The molecule has 2 atom stereocenters. The lowest BCUT2D eigenvalue weighted by molar-refractivity contribution is 0.0682. The average Bonchev–Trinajstić information content (AvgIpc) is 2.93. The number of amides is 1. The molecule has 5 heteroatoms. The topological polar surface area (TPSA) is 53.4 Å². The fourth-order valence-corrected chi connectivity index (χ4v) is 3.30. The van der Waals surface area contributed by atoms with Crippen molar-refractivity contribution in [2.75, 3.05) is 6.54 Å². The summed E-state index contributed by atoms with van der Waals surface area (Å²) in [6, 6.07) is 9.22. The number of pyridine rings is 1. The van der Waals surface area contributed by atoms with Gasteiger partial charge in [-0.25, -0.2) is 4.98 Å². The molecule has 0 spiro atoms. The molecule has 0 bridgehead atoms. The fraction of sp³-hybridized carbons (Fsp3) is 0.412. The van der Waals surface area contributed by atoms with Gasteiger partial charge in [-0.05, 0) is 56.5 Å². The Morgan fingerprint density at radius 3 is 3.05 bits per heavy atom. The van der Waals surface area contributed by atoms with Crippen molar-refractivity contribution >= 4 is 28.4 Å². The van der Waals surface area contributed by atoms with Gasteiger partial charge in [0.2, 0.25) is 0 Å². The Balaban J connectivity index is 1.86. The van der Waals surface area contributed by atoms with Crippen LogP contribution in [0.2, 0.25) is 5.15 Å². The van der Waals surface area contributed by atoms with Crippen LogP contribution in [0.5, 0.6) is 0 Å². The fourth-order valence-electron chi connectivity index (χ4n) is 3.14. The van der Waals surface area contributed by atoms with Crippen LogP contribution in [0.4, 0.5) is 0 Å². The van der Waals surface area contributed by atoms with Crippen molar-refractivity contribution in [3.05, 3.63) is 41.0 Å². The highest BCUT2D eigenvalue weighted by Crippen LogP contribution is 2.25. The SMILES string of the molecule is CC(O)CC1CCCN1C(=O)c1ccc2nc(Cl)ccc2c1.